The summed E-state index contributed by atoms with van der Waals surface area (Å²) < 4.78 is 4.98. The fourth-order valence-corrected chi connectivity index (χ4v) is 0.983. The zero-order valence-corrected chi connectivity index (χ0v) is 7.27. The highest BCUT2D eigenvalue weighted by Gasteiger charge is 2.03. The van der Waals surface area contributed by atoms with E-state index < -0.39 is 0 Å². The molecule has 0 aliphatic carbocycles. The number of oxime groups is 1. The molecule has 1 rings (SSSR count). The molecular formula is C9H11NO3. The Morgan fingerprint density at radius 2 is 2.31 bits per heavy atom. The quantitative estimate of drug-likeness (QED) is 0.413. The van der Waals surface area contributed by atoms with Gasteiger partial charge in [-0.2, -0.15) is 0 Å². The lowest BCUT2D eigenvalue weighted by Gasteiger charge is -2.03. The van der Waals surface area contributed by atoms with Gasteiger partial charge in [0.05, 0.1) is 13.7 Å². The van der Waals surface area contributed by atoms with E-state index in [0.29, 0.717) is 11.3 Å². The standard InChI is InChI=1S/C9H11NO3/c1-13-8-4-2-3-7(5-8)9(6-11)10-12/h2-5,11-12H,6H2,1H3/b10-9+. The highest BCUT2D eigenvalue weighted by atomic mass is 16.5. The van der Waals surface area contributed by atoms with Crippen molar-refractivity contribution in [2.75, 3.05) is 13.7 Å². The van der Waals surface area contributed by atoms with Crippen LogP contribution in [0.4, 0.5) is 0 Å². The summed E-state index contributed by atoms with van der Waals surface area (Å²) in [6, 6.07) is 6.95. The minimum Gasteiger partial charge on any atom is -0.497 e. The number of methoxy groups -OCH3 is 1. The fraction of sp³-hybridized carbons (Fsp3) is 0.222. The Bertz CT molecular complexity index is 309. The first-order valence-corrected chi connectivity index (χ1v) is 3.78. The second-order valence-corrected chi connectivity index (χ2v) is 2.44. The molecule has 0 radical (unpaired) electrons. The van der Waals surface area contributed by atoms with Gasteiger partial charge in [-0.3, -0.25) is 0 Å². The van der Waals surface area contributed by atoms with Crippen molar-refractivity contribution in [2.45, 2.75) is 0 Å². The van der Waals surface area contributed by atoms with E-state index in [4.69, 9.17) is 15.1 Å². The van der Waals surface area contributed by atoms with Gasteiger partial charge in [0.1, 0.15) is 11.5 Å². The molecule has 0 atom stereocenters. The molecule has 1 aromatic rings. The van der Waals surface area contributed by atoms with Crippen LogP contribution >= 0.6 is 0 Å². The molecule has 4 heteroatoms. The molecule has 0 aliphatic heterocycles. The van der Waals surface area contributed by atoms with Crippen LogP contribution in [-0.4, -0.2) is 29.7 Å². The molecule has 0 heterocycles. The third-order valence-electron chi connectivity index (χ3n) is 1.67. The lowest BCUT2D eigenvalue weighted by molar-refractivity contribution is 0.303. The maximum Gasteiger partial charge on any atom is 0.119 e. The van der Waals surface area contributed by atoms with Crippen molar-refractivity contribution < 1.29 is 15.1 Å². The first kappa shape index (κ1) is 9.54. The molecule has 1 aromatic carbocycles. The van der Waals surface area contributed by atoms with Crippen molar-refractivity contribution in [1.82, 2.24) is 0 Å². The molecule has 0 saturated heterocycles. The van der Waals surface area contributed by atoms with Crippen molar-refractivity contribution in [1.29, 1.82) is 0 Å². The number of ether oxygens (including phenoxy) is 1. The maximum absolute atomic E-state index is 8.81. The van der Waals surface area contributed by atoms with Crippen LogP contribution in [0.5, 0.6) is 5.75 Å². The number of benzene rings is 1. The summed E-state index contributed by atoms with van der Waals surface area (Å²) >= 11 is 0. The monoisotopic (exact) mass is 181 g/mol. The molecule has 4 nitrogen and oxygen atoms in total. The maximum atomic E-state index is 8.81. The SMILES string of the molecule is COc1cccc(/C(CO)=N/O)c1. The summed E-state index contributed by atoms with van der Waals surface area (Å²) in [5, 5.41) is 20.3. The largest absolute Gasteiger partial charge is 0.497 e. The average molecular weight is 181 g/mol. The average Bonchev–Trinajstić information content (AvgIpc) is 2.20. The van der Waals surface area contributed by atoms with Gasteiger partial charge in [-0.15, -0.1) is 0 Å². The molecule has 70 valence electrons. The number of hydrogen-bond donors (Lipinski definition) is 2. The van der Waals surface area contributed by atoms with E-state index in [2.05, 4.69) is 5.16 Å². The van der Waals surface area contributed by atoms with Gasteiger partial charge >= 0.3 is 0 Å². The van der Waals surface area contributed by atoms with E-state index in [-0.39, 0.29) is 12.3 Å². The highest BCUT2D eigenvalue weighted by Crippen LogP contribution is 2.12. The molecule has 13 heavy (non-hydrogen) atoms. The molecule has 0 fully saturated rings. The minimum atomic E-state index is -0.302. The van der Waals surface area contributed by atoms with Gasteiger partial charge in [-0.1, -0.05) is 17.3 Å². The van der Waals surface area contributed by atoms with E-state index in [0.717, 1.165) is 0 Å². The normalized spacial score (nSPS) is 11.4. The Morgan fingerprint density at radius 3 is 2.85 bits per heavy atom. The molecule has 0 bridgehead atoms. The Hall–Kier alpha value is -1.55. The predicted octanol–water partition coefficient (Wildman–Crippen LogP) is 0.866. The van der Waals surface area contributed by atoms with Crippen LogP contribution in [0.2, 0.25) is 0 Å². The molecule has 0 saturated carbocycles. The van der Waals surface area contributed by atoms with Crippen LogP contribution < -0.4 is 4.74 Å². The molecule has 0 aliphatic rings. The van der Waals surface area contributed by atoms with E-state index in [1.165, 1.54) is 0 Å². The van der Waals surface area contributed by atoms with Crippen LogP contribution in [0.3, 0.4) is 0 Å². The third kappa shape index (κ3) is 2.19. The highest BCUT2D eigenvalue weighted by molar-refractivity contribution is 6.01. The Morgan fingerprint density at radius 1 is 1.54 bits per heavy atom. The van der Waals surface area contributed by atoms with Gasteiger partial charge in [0.15, 0.2) is 0 Å². The topological polar surface area (TPSA) is 62.0 Å². The molecule has 2 N–H and O–H groups in total. The Kier molecular flexibility index (Phi) is 3.28. The fourth-order valence-electron chi connectivity index (χ4n) is 0.983. The van der Waals surface area contributed by atoms with Gasteiger partial charge in [0.25, 0.3) is 0 Å². The summed E-state index contributed by atoms with van der Waals surface area (Å²) in [7, 11) is 1.55. The first-order chi connectivity index (χ1) is 6.31. The van der Waals surface area contributed by atoms with Crippen molar-refractivity contribution in [3.8, 4) is 5.75 Å². The molecule has 0 amide bonds. The van der Waals surface area contributed by atoms with Crippen LogP contribution in [0.25, 0.3) is 0 Å². The number of nitrogens with zero attached hydrogens (tertiary/aromatic N) is 1. The van der Waals surface area contributed by atoms with Crippen LogP contribution in [0.1, 0.15) is 5.56 Å². The predicted molar refractivity (Wildman–Crippen MR) is 48.4 cm³/mol. The second kappa shape index (κ2) is 4.47. The van der Waals surface area contributed by atoms with Crippen molar-refractivity contribution in [2.24, 2.45) is 5.16 Å². The summed E-state index contributed by atoms with van der Waals surface area (Å²) in [5.41, 5.74) is 0.864. The number of hydrogen-bond acceptors (Lipinski definition) is 4. The first-order valence-electron chi connectivity index (χ1n) is 3.78. The van der Waals surface area contributed by atoms with Gasteiger partial charge in [-0.05, 0) is 12.1 Å². The molecule has 0 unspecified atom stereocenters. The van der Waals surface area contributed by atoms with Crippen molar-refractivity contribution >= 4 is 5.71 Å². The van der Waals surface area contributed by atoms with E-state index in [9.17, 15) is 0 Å². The number of aliphatic hydroxyl groups excluding tert-OH is 1. The van der Waals surface area contributed by atoms with Gasteiger partial charge < -0.3 is 15.1 Å². The van der Waals surface area contributed by atoms with E-state index in [1.54, 1.807) is 31.4 Å². The lowest BCUT2D eigenvalue weighted by Crippen LogP contribution is -2.06. The summed E-state index contributed by atoms with van der Waals surface area (Å²) in [5.74, 6) is 0.659. The minimum absolute atomic E-state index is 0.221. The zero-order valence-electron chi connectivity index (χ0n) is 7.27. The van der Waals surface area contributed by atoms with Gasteiger partial charge in [0.2, 0.25) is 0 Å². The van der Waals surface area contributed by atoms with Crippen molar-refractivity contribution in [3.63, 3.8) is 0 Å². The van der Waals surface area contributed by atoms with Crippen LogP contribution in [0.15, 0.2) is 29.4 Å². The summed E-state index contributed by atoms with van der Waals surface area (Å²) in [6.07, 6.45) is 0. The smallest absolute Gasteiger partial charge is 0.119 e. The third-order valence-corrected chi connectivity index (χ3v) is 1.67. The van der Waals surface area contributed by atoms with E-state index >= 15 is 0 Å². The van der Waals surface area contributed by atoms with E-state index in [1.807, 2.05) is 0 Å². The molecule has 0 aromatic heterocycles. The number of aliphatic hydroxyl groups is 1. The van der Waals surface area contributed by atoms with Gasteiger partial charge in [0, 0.05) is 5.56 Å². The second-order valence-electron chi connectivity index (χ2n) is 2.44. The summed E-state index contributed by atoms with van der Waals surface area (Å²) in [4.78, 5) is 0. The lowest BCUT2D eigenvalue weighted by atomic mass is 10.1. The van der Waals surface area contributed by atoms with Crippen LogP contribution in [0, 0.1) is 0 Å². The number of rotatable bonds is 3. The van der Waals surface area contributed by atoms with Crippen molar-refractivity contribution in [3.05, 3.63) is 29.8 Å². The zero-order chi connectivity index (χ0) is 9.68. The summed E-state index contributed by atoms with van der Waals surface area (Å²) in [6.45, 7) is -0.302. The Labute approximate surface area is 76.1 Å². The van der Waals surface area contributed by atoms with Gasteiger partial charge in [-0.25, -0.2) is 0 Å². The molecular weight excluding hydrogens is 170 g/mol. The molecule has 0 spiro atoms. The Balaban J connectivity index is 3.00. The van der Waals surface area contributed by atoms with Crippen LogP contribution in [-0.2, 0) is 0 Å².